The second kappa shape index (κ2) is 5.69. The van der Waals surface area contributed by atoms with Crippen LogP contribution in [0.5, 0.6) is 0 Å². The van der Waals surface area contributed by atoms with Gasteiger partial charge in [0.15, 0.2) is 0 Å². The Balaban J connectivity index is 3.16. The number of hydroxylamine groups is 2. The number of alkyl halides is 1. The summed E-state index contributed by atoms with van der Waals surface area (Å²) in [4.78, 5) is 16.3. The van der Waals surface area contributed by atoms with E-state index < -0.39 is 4.87 Å². The molecule has 3 nitrogen and oxygen atoms in total. The van der Waals surface area contributed by atoms with E-state index in [1.165, 1.54) is 19.1 Å². The van der Waals surface area contributed by atoms with Crippen LogP contribution in [0.1, 0.15) is 33.6 Å². The number of rotatable bonds is 4. The highest BCUT2D eigenvalue weighted by Crippen LogP contribution is 2.37. The number of amides is 1. The molecule has 0 spiro atoms. The summed E-state index contributed by atoms with van der Waals surface area (Å²) in [6, 6.07) is -0.230. The quantitative estimate of drug-likeness (QED) is 0.572. The van der Waals surface area contributed by atoms with E-state index in [0.29, 0.717) is 0 Å². The number of carbonyl (C=O) groups is 1. The highest BCUT2D eigenvalue weighted by molar-refractivity contribution is 6.26. The van der Waals surface area contributed by atoms with Crippen LogP contribution in [0.15, 0.2) is 23.8 Å². The van der Waals surface area contributed by atoms with E-state index in [2.05, 4.69) is 6.92 Å². The molecule has 0 radical (unpaired) electrons. The molecule has 1 aliphatic carbocycles. The molecule has 17 heavy (non-hydrogen) atoms. The Bertz CT molecular complexity index is 351. The van der Waals surface area contributed by atoms with Gasteiger partial charge in [-0.15, -0.1) is 11.6 Å². The second-order valence-corrected chi connectivity index (χ2v) is 4.87. The maximum Gasteiger partial charge on any atom is 0.243 e. The van der Waals surface area contributed by atoms with Gasteiger partial charge in [0.1, 0.15) is 6.04 Å². The van der Waals surface area contributed by atoms with Gasteiger partial charge in [-0.2, -0.15) is 0 Å². The predicted octanol–water partition coefficient (Wildman–Crippen LogP) is 3.06. The molecule has 0 fully saturated rings. The summed E-state index contributed by atoms with van der Waals surface area (Å²) < 4.78 is 0. The van der Waals surface area contributed by atoms with Crippen molar-refractivity contribution < 1.29 is 9.63 Å². The first-order valence-corrected chi connectivity index (χ1v) is 6.29. The molecule has 0 N–H and O–H groups in total. The van der Waals surface area contributed by atoms with Crippen molar-refractivity contribution in [3.63, 3.8) is 0 Å². The number of hydrogen-bond donors (Lipinski definition) is 0. The van der Waals surface area contributed by atoms with Crippen molar-refractivity contribution in [2.45, 2.75) is 44.5 Å². The van der Waals surface area contributed by atoms with E-state index in [4.69, 9.17) is 16.4 Å². The summed E-state index contributed by atoms with van der Waals surface area (Å²) in [7, 11) is 1.50. The van der Waals surface area contributed by atoms with Crippen LogP contribution in [-0.2, 0) is 9.63 Å². The molecule has 0 bridgehead atoms. The van der Waals surface area contributed by atoms with E-state index in [1.807, 2.05) is 25.2 Å². The van der Waals surface area contributed by atoms with Gasteiger partial charge in [0.25, 0.3) is 0 Å². The van der Waals surface area contributed by atoms with Gasteiger partial charge in [-0.1, -0.05) is 32.1 Å². The van der Waals surface area contributed by atoms with Gasteiger partial charge in [0.2, 0.25) is 5.91 Å². The van der Waals surface area contributed by atoms with Crippen LogP contribution in [-0.4, -0.2) is 29.0 Å². The predicted molar refractivity (Wildman–Crippen MR) is 69.7 cm³/mol. The zero-order valence-corrected chi connectivity index (χ0v) is 11.6. The largest absolute Gasteiger partial charge is 0.274 e. The Hall–Kier alpha value is -0.800. The molecule has 0 aromatic heterocycles. The Morgan fingerprint density at radius 1 is 1.59 bits per heavy atom. The molecule has 0 aromatic rings. The molecule has 2 unspecified atom stereocenters. The lowest BCUT2D eigenvalue weighted by Gasteiger charge is -2.41. The molecule has 0 saturated heterocycles. The number of allylic oxidation sites excluding steroid dienone is 2. The molecule has 2 atom stereocenters. The average Bonchev–Trinajstić information content (AvgIpc) is 2.31. The number of carbonyl (C=O) groups excluding carboxylic acids is 1. The smallest absolute Gasteiger partial charge is 0.243 e. The molecule has 96 valence electrons. The lowest BCUT2D eigenvalue weighted by Crippen LogP contribution is -2.51. The van der Waals surface area contributed by atoms with E-state index in [1.54, 1.807) is 0 Å². The van der Waals surface area contributed by atoms with Crippen molar-refractivity contribution >= 4 is 17.5 Å². The van der Waals surface area contributed by atoms with E-state index in [9.17, 15) is 4.79 Å². The lowest BCUT2D eigenvalue weighted by molar-refractivity contribution is -0.184. The highest BCUT2D eigenvalue weighted by atomic mass is 35.5. The first-order chi connectivity index (χ1) is 8.00. The summed E-state index contributed by atoms with van der Waals surface area (Å²) in [5.74, 6) is -0.134. The molecule has 4 heteroatoms. The van der Waals surface area contributed by atoms with Gasteiger partial charge in [-0.25, -0.2) is 5.06 Å². The topological polar surface area (TPSA) is 29.5 Å². The molecule has 0 heterocycles. The van der Waals surface area contributed by atoms with Crippen LogP contribution in [0.3, 0.4) is 0 Å². The summed E-state index contributed by atoms with van der Waals surface area (Å²) in [6.07, 6.45) is 7.49. The Kier molecular flexibility index (Phi) is 4.78. The van der Waals surface area contributed by atoms with Crippen LogP contribution in [0.25, 0.3) is 0 Å². The molecule has 0 aromatic carbocycles. The summed E-state index contributed by atoms with van der Waals surface area (Å²) >= 11 is 6.62. The van der Waals surface area contributed by atoms with Crippen LogP contribution in [0.4, 0.5) is 0 Å². The van der Waals surface area contributed by atoms with Crippen LogP contribution >= 0.6 is 11.6 Å². The van der Waals surface area contributed by atoms with E-state index >= 15 is 0 Å². The summed E-state index contributed by atoms with van der Waals surface area (Å²) in [6.45, 7) is 5.55. The van der Waals surface area contributed by atoms with Crippen LogP contribution < -0.4 is 0 Å². The summed E-state index contributed by atoms with van der Waals surface area (Å²) in [5.41, 5.74) is 1.11. The van der Waals surface area contributed by atoms with Crippen molar-refractivity contribution in [1.82, 2.24) is 5.06 Å². The highest BCUT2D eigenvalue weighted by Gasteiger charge is 2.42. The van der Waals surface area contributed by atoms with Crippen molar-refractivity contribution in [1.29, 1.82) is 0 Å². The molecule has 1 aliphatic rings. The zero-order valence-electron chi connectivity index (χ0n) is 10.9. The van der Waals surface area contributed by atoms with Crippen molar-refractivity contribution in [3.05, 3.63) is 23.8 Å². The van der Waals surface area contributed by atoms with Gasteiger partial charge >= 0.3 is 0 Å². The van der Waals surface area contributed by atoms with Gasteiger partial charge in [0.05, 0.1) is 12.0 Å². The Morgan fingerprint density at radius 3 is 2.65 bits per heavy atom. The van der Waals surface area contributed by atoms with E-state index in [0.717, 1.165) is 18.4 Å². The average molecular weight is 258 g/mol. The van der Waals surface area contributed by atoms with Gasteiger partial charge in [0, 0.05) is 6.92 Å². The van der Waals surface area contributed by atoms with Gasteiger partial charge < -0.3 is 0 Å². The first-order valence-electron chi connectivity index (χ1n) is 5.91. The number of halogens is 1. The SMILES string of the molecule is CCC1=CC=CC(Cl)(CC)C1N(OC)C(C)=O. The monoisotopic (exact) mass is 257 g/mol. The van der Waals surface area contributed by atoms with Crippen molar-refractivity contribution in [2.24, 2.45) is 0 Å². The normalized spacial score (nSPS) is 27.8. The third kappa shape index (κ3) is 2.72. The lowest BCUT2D eigenvalue weighted by atomic mass is 9.84. The molecule has 0 saturated carbocycles. The fourth-order valence-corrected chi connectivity index (χ4v) is 2.51. The fraction of sp³-hybridized carbons (Fsp3) is 0.615. The molecule has 1 rings (SSSR count). The van der Waals surface area contributed by atoms with Crippen LogP contribution in [0, 0.1) is 0 Å². The van der Waals surface area contributed by atoms with Gasteiger partial charge in [-0.05, 0) is 18.4 Å². The van der Waals surface area contributed by atoms with Crippen molar-refractivity contribution in [2.75, 3.05) is 7.11 Å². The zero-order chi connectivity index (χ0) is 13.1. The molecule has 0 aliphatic heterocycles. The van der Waals surface area contributed by atoms with Crippen LogP contribution in [0.2, 0.25) is 0 Å². The molecule has 1 amide bonds. The maximum absolute atomic E-state index is 11.6. The van der Waals surface area contributed by atoms with Crippen molar-refractivity contribution in [3.8, 4) is 0 Å². The molecular formula is C13H20ClNO2. The maximum atomic E-state index is 11.6. The Labute approximate surface area is 108 Å². The standard InChI is InChI=1S/C13H20ClNO2/c1-5-11-8-7-9-13(14,6-2)12(11)15(17-4)10(3)16/h7-9,12H,5-6H2,1-4H3. The Morgan fingerprint density at radius 2 is 2.24 bits per heavy atom. The second-order valence-electron chi connectivity index (χ2n) is 4.16. The van der Waals surface area contributed by atoms with Gasteiger partial charge in [-0.3, -0.25) is 9.63 Å². The molecular weight excluding hydrogens is 238 g/mol. The minimum absolute atomic E-state index is 0.134. The number of nitrogens with zero attached hydrogens (tertiary/aromatic N) is 1. The number of hydrogen-bond acceptors (Lipinski definition) is 2. The fourth-order valence-electron chi connectivity index (χ4n) is 2.21. The third-order valence-corrected chi connectivity index (χ3v) is 3.78. The minimum Gasteiger partial charge on any atom is -0.274 e. The summed E-state index contributed by atoms with van der Waals surface area (Å²) in [5, 5.41) is 1.37. The van der Waals surface area contributed by atoms with E-state index in [-0.39, 0.29) is 11.9 Å². The third-order valence-electron chi connectivity index (χ3n) is 3.18. The first kappa shape index (κ1) is 14.3. The minimum atomic E-state index is -0.582.